The molecule has 0 fully saturated rings. The predicted octanol–water partition coefficient (Wildman–Crippen LogP) is 4.25. The van der Waals surface area contributed by atoms with Gasteiger partial charge in [0.2, 0.25) is 5.91 Å². The second kappa shape index (κ2) is 7.36. The van der Waals surface area contributed by atoms with Crippen LogP contribution < -0.4 is 0 Å². The summed E-state index contributed by atoms with van der Waals surface area (Å²) in [5.74, 6) is -0.0205. The maximum atomic E-state index is 13.6. The lowest BCUT2D eigenvalue weighted by molar-refractivity contribution is -0.132. The summed E-state index contributed by atoms with van der Waals surface area (Å²) >= 11 is 0. The molecule has 0 unspecified atom stereocenters. The third kappa shape index (κ3) is 3.52. The van der Waals surface area contributed by atoms with Gasteiger partial charge in [-0.05, 0) is 43.2 Å². The Bertz CT molecular complexity index is 898. The molecule has 3 aromatic rings. The van der Waals surface area contributed by atoms with E-state index >= 15 is 0 Å². The van der Waals surface area contributed by atoms with Crippen LogP contribution in [0.15, 0.2) is 42.7 Å². The summed E-state index contributed by atoms with van der Waals surface area (Å²) in [6.45, 7) is 2.33. The van der Waals surface area contributed by atoms with Gasteiger partial charge in [-0.25, -0.2) is 4.39 Å². The van der Waals surface area contributed by atoms with Crippen molar-refractivity contribution in [1.82, 2.24) is 14.5 Å². The maximum absolute atomic E-state index is 13.6. The third-order valence-electron chi connectivity index (χ3n) is 5.26. The van der Waals surface area contributed by atoms with Gasteiger partial charge >= 0.3 is 0 Å². The van der Waals surface area contributed by atoms with Gasteiger partial charge < -0.3 is 14.5 Å². The van der Waals surface area contributed by atoms with Crippen molar-refractivity contribution in [3.8, 4) is 0 Å². The average Bonchev–Trinajstić information content (AvgIpc) is 3.28. The number of carbonyl (C=O) groups excluding carboxylic acids is 1. The van der Waals surface area contributed by atoms with Gasteiger partial charge in [-0.1, -0.05) is 6.42 Å². The summed E-state index contributed by atoms with van der Waals surface area (Å²) in [5, 5.41) is 0.907. The number of rotatable bonds is 6. The first kappa shape index (κ1) is 16.9. The maximum Gasteiger partial charge on any atom is 0.222 e. The Morgan fingerprint density at radius 3 is 2.85 bits per heavy atom. The fraction of sp³-hybridized carbons (Fsp3) is 0.381. The van der Waals surface area contributed by atoms with Gasteiger partial charge in [0, 0.05) is 67.0 Å². The van der Waals surface area contributed by atoms with Crippen LogP contribution >= 0.6 is 0 Å². The average molecular weight is 353 g/mol. The highest BCUT2D eigenvalue weighted by Crippen LogP contribution is 2.28. The van der Waals surface area contributed by atoms with Crippen molar-refractivity contribution in [3.05, 3.63) is 59.8 Å². The van der Waals surface area contributed by atoms with E-state index in [0.29, 0.717) is 13.0 Å². The van der Waals surface area contributed by atoms with Crippen molar-refractivity contribution >= 4 is 16.8 Å². The zero-order chi connectivity index (χ0) is 17.9. The second-order valence-corrected chi connectivity index (χ2v) is 7.07. The first-order valence-electron chi connectivity index (χ1n) is 9.38. The predicted molar refractivity (Wildman–Crippen MR) is 100 cm³/mol. The Labute approximate surface area is 152 Å². The van der Waals surface area contributed by atoms with Crippen LogP contribution in [0, 0.1) is 5.82 Å². The molecule has 0 saturated heterocycles. The van der Waals surface area contributed by atoms with Crippen molar-refractivity contribution in [2.45, 2.75) is 45.2 Å². The zero-order valence-corrected chi connectivity index (χ0v) is 14.9. The lowest BCUT2D eigenvalue weighted by Gasteiger charge is -2.27. The molecule has 0 atom stereocenters. The minimum atomic E-state index is -0.231. The number of fused-ring (bicyclic) bond motifs is 3. The lowest BCUT2D eigenvalue weighted by Crippen LogP contribution is -2.35. The number of halogens is 1. The number of benzene rings is 1. The van der Waals surface area contributed by atoms with Crippen molar-refractivity contribution < 1.29 is 9.18 Å². The van der Waals surface area contributed by atoms with E-state index in [0.717, 1.165) is 60.9 Å². The number of hydrogen-bond donors (Lipinski definition) is 1. The quantitative estimate of drug-likeness (QED) is 0.661. The molecule has 1 amide bonds. The fourth-order valence-corrected chi connectivity index (χ4v) is 3.82. The Morgan fingerprint density at radius 2 is 2.00 bits per heavy atom. The molecule has 4 rings (SSSR count). The summed E-state index contributed by atoms with van der Waals surface area (Å²) in [6, 6.07) is 8.89. The number of nitrogens with one attached hydrogen (secondary N) is 1. The normalized spacial score (nSPS) is 14.0. The number of aryl methyl sites for hydroxylation is 1. The van der Waals surface area contributed by atoms with Crippen LogP contribution in [-0.2, 0) is 24.3 Å². The van der Waals surface area contributed by atoms with Crippen molar-refractivity contribution in [3.63, 3.8) is 0 Å². The number of H-pyrrole nitrogens is 1. The Kier molecular flexibility index (Phi) is 4.78. The highest BCUT2D eigenvalue weighted by molar-refractivity contribution is 5.86. The molecule has 2 aromatic heterocycles. The zero-order valence-electron chi connectivity index (χ0n) is 14.9. The number of aromatic nitrogens is 2. The smallest absolute Gasteiger partial charge is 0.222 e. The molecule has 1 aliphatic rings. The van der Waals surface area contributed by atoms with Crippen LogP contribution in [0.1, 0.15) is 36.9 Å². The second-order valence-electron chi connectivity index (χ2n) is 7.07. The van der Waals surface area contributed by atoms with Gasteiger partial charge in [0.05, 0.1) is 0 Å². The molecular weight excluding hydrogens is 329 g/mol. The number of hydrogen-bond acceptors (Lipinski definition) is 1. The topological polar surface area (TPSA) is 41.0 Å². The standard InChI is InChI=1S/C21H24FN3O/c22-16-7-8-19-17(14-16)18-15-25(13-9-20(18)23-19)21(26)6-2-1-3-10-24-11-4-5-12-24/h4-5,7-8,11-12,14,23H,1-3,6,9-10,13,15H2. The number of unbranched alkanes of at least 4 members (excludes halogenated alkanes) is 2. The highest BCUT2D eigenvalue weighted by atomic mass is 19.1. The van der Waals surface area contributed by atoms with E-state index in [9.17, 15) is 9.18 Å². The Balaban J connectivity index is 1.31. The van der Waals surface area contributed by atoms with Crippen LogP contribution in [0.4, 0.5) is 4.39 Å². The van der Waals surface area contributed by atoms with E-state index in [1.54, 1.807) is 12.1 Å². The van der Waals surface area contributed by atoms with Crippen LogP contribution in [0.3, 0.4) is 0 Å². The molecule has 4 nitrogen and oxygen atoms in total. The Morgan fingerprint density at radius 1 is 1.15 bits per heavy atom. The number of nitrogens with zero attached hydrogens (tertiary/aromatic N) is 2. The van der Waals surface area contributed by atoms with Gasteiger partial charge in [-0.2, -0.15) is 0 Å². The van der Waals surface area contributed by atoms with Gasteiger partial charge in [-0.3, -0.25) is 4.79 Å². The number of aromatic amines is 1. The largest absolute Gasteiger partial charge is 0.358 e. The van der Waals surface area contributed by atoms with Gasteiger partial charge in [0.1, 0.15) is 5.82 Å². The molecule has 0 spiro atoms. The molecule has 136 valence electrons. The molecule has 0 bridgehead atoms. The summed E-state index contributed by atoms with van der Waals surface area (Å²) in [7, 11) is 0. The molecule has 0 radical (unpaired) electrons. The summed E-state index contributed by atoms with van der Waals surface area (Å²) in [5.41, 5.74) is 3.17. The molecule has 3 heterocycles. The van der Waals surface area contributed by atoms with Crippen LogP contribution in [0.25, 0.3) is 10.9 Å². The number of amides is 1. The van der Waals surface area contributed by atoms with Crippen molar-refractivity contribution in [2.75, 3.05) is 6.54 Å². The summed E-state index contributed by atoms with van der Waals surface area (Å²) < 4.78 is 15.8. The van der Waals surface area contributed by atoms with Gasteiger partial charge in [0.25, 0.3) is 0 Å². The summed E-state index contributed by atoms with van der Waals surface area (Å²) in [4.78, 5) is 17.9. The first-order chi connectivity index (χ1) is 12.7. The van der Waals surface area contributed by atoms with Crippen LogP contribution in [0.5, 0.6) is 0 Å². The van der Waals surface area contributed by atoms with E-state index < -0.39 is 0 Å². The number of carbonyl (C=O) groups is 1. The molecule has 0 saturated carbocycles. The van der Waals surface area contributed by atoms with Crippen molar-refractivity contribution in [1.29, 1.82) is 0 Å². The van der Waals surface area contributed by atoms with E-state index in [1.165, 1.54) is 6.07 Å². The van der Waals surface area contributed by atoms with Crippen molar-refractivity contribution in [2.24, 2.45) is 0 Å². The fourth-order valence-electron chi connectivity index (χ4n) is 3.82. The van der Waals surface area contributed by atoms with Crippen LogP contribution in [-0.4, -0.2) is 26.9 Å². The Hall–Kier alpha value is -2.56. The van der Waals surface area contributed by atoms with Crippen LogP contribution in [0.2, 0.25) is 0 Å². The monoisotopic (exact) mass is 353 g/mol. The van der Waals surface area contributed by atoms with E-state index in [1.807, 2.05) is 17.0 Å². The molecule has 1 N–H and O–H groups in total. The van der Waals surface area contributed by atoms with Gasteiger partial charge in [0.15, 0.2) is 0 Å². The molecule has 0 aliphatic carbocycles. The molecule has 1 aliphatic heterocycles. The molecule has 1 aromatic carbocycles. The molecule has 26 heavy (non-hydrogen) atoms. The lowest BCUT2D eigenvalue weighted by atomic mass is 10.0. The van der Waals surface area contributed by atoms with Gasteiger partial charge in [-0.15, -0.1) is 0 Å². The van der Waals surface area contributed by atoms with E-state index in [2.05, 4.69) is 21.9 Å². The minimum absolute atomic E-state index is 0.211. The molecule has 5 heteroatoms. The minimum Gasteiger partial charge on any atom is -0.358 e. The van der Waals surface area contributed by atoms with E-state index in [-0.39, 0.29) is 11.7 Å². The SMILES string of the molecule is O=C(CCCCCn1cccc1)N1CCc2[nH]c3ccc(F)cc3c2C1. The first-order valence-corrected chi connectivity index (χ1v) is 9.38. The highest BCUT2D eigenvalue weighted by Gasteiger charge is 2.23. The third-order valence-corrected chi connectivity index (χ3v) is 5.26. The molecular formula is C21H24FN3O. The summed E-state index contributed by atoms with van der Waals surface area (Å²) in [6.07, 6.45) is 8.62. The van der Waals surface area contributed by atoms with E-state index in [4.69, 9.17) is 0 Å².